The van der Waals surface area contributed by atoms with Crippen molar-refractivity contribution in [2.75, 3.05) is 7.11 Å². The molecule has 0 N–H and O–H groups in total. The molecule has 4 heteroatoms. The molecule has 1 saturated carbocycles. The average molecular weight is 350 g/mol. The van der Waals surface area contributed by atoms with Crippen molar-refractivity contribution < 1.29 is 19.1 Å². The van der Waals surface area contributed by atoms with Gasteiger partial charge in [0.2, 0.25) is 0 Å². The fraction of sp³-hybridized carbons (Fsp3) is 0.273. The number of ether oxygens (including phenoxy) is 2. The number of rotatable bonds is 5. The fourth-order valence-electron chi connectivity index (χ4n) is 3.09. The van der Waals surface area contributed by atoms with Crippen molar-refractivity contribution in [1.29, 1.82) is 0 Å². The number of carbonyl (C=O) groups is 2. The predicted molar refractivity (Wildman–Crippen MR) is 101 cm³/mol. The van der Waals surface area contributed by atoms with Crippen LogP contribution in [0.2, 0.25) is 0 Å². The Hall–Kier alpha value is -2.88. The summed E-state index contributed by atoms with van der Waals surface area (Å²) in [6.45, 7) is 0. The van der Waals surface area contributed by atoms with Crippen molar-refractivity contribution in [3.63, 3.8) is 0 Å². The number of esters is 1. The molecule has 0 aliphatic heterocycles. The van der Waals surface area contributed by atoms with E-state index in [2.05, 4.69) is 0 Å². The Morgan fingerprint density at radius 2 is 1.77 bits per heavy atom. The molecular weight excluding hydrogens is 328 g/mol. The first-order valence-electron chi connectivity index (χ1n) is 8.83. The van der Waals surface area contributed by atoms with Gasteiger partial charge in [-0.2, -0.15) is 0 Å². The highest BCUT2D eigenvalue weighted by molar-refractivity contribution is 6.22. The summed E-state index contributed by atoms with van der Waals surface area (Å²) in [5, 5.41) is 0. The first kappa shape index (κ1) is 17.9. The fourth-order valence-corrected chi connectivity index (χ4v) is 3.09. The summed E-state index contributed by atoms with van der Waals surface area (Å²) < 4.78 is 10.9. The maximum Gasteiger partial charge on any atom is 0.339 e. The van der Waals surface area contributed by atoms with E-state index < -0.39 is 12.1 Å². The van der Waals surface area contributed by atoms with Gasteiger partial charge in [0.1, 0.15) is 5.75 Å². The summed E-state index contributed by atoms with van der Waals surface area (Å²) in [5.41, 5.74) is 1.93. The van der Waals surface area contributed by atoms with Crippen LogP contribution in [0, 0.1) is 0 Å². The lowest BCUT2D eigenvalue weighted by Crippen LogP contribution is -2.30. The molecule has 0 heterocycles. The van der Waals surface area contributed by atoms with Gasteiger partial charge >= 0.3 is 5.97 Å². The molecule has 1 aliphatic rings. The lowest BCUT2D eigenvalue weighted by molar-refractivity contribution is -0.151. The molecule has 0 bridgehead atoms. The number of para-hydroxylation sites is 1. The van der Waals surface area contributed by atoms with Gasteiger partial charge in [-0.3, -0.25) is 4.79 Å². The molecule has 0 amide bonds. The minimum Gasteiger partial charge on any atom is -0.496 e. The molecule has 1 fully saturated rings. The smallest absolute Gasteiger partial charge is 0.339 e. The highest BCUT2D eigenvalue weighted by Gasteiger charge is 2.27. The second-order valence-corrected chi connectivity index (χ2v) is 6.27. The first-order valence-corrected chi connectivity index (χ1v) is 8.83. The second kappa shape index (κ2) is 8.48. The van der Waals surface area contributed by atoms with Gasteiger partial charge in [-0.1, -0.05) is 48.5 Å². The zero-order valence-electron chi connectivity index (χ0n) is 14.8. The number of hydrogen-bond acceptors (Lipinski definition) is 4. The van der Waals surface area contributed by atoms with Crippen LogP contribution in [-0.4, -0.2) is 25.0 Å². The van der Waals surface area contributed by atoms with Gasteiger partial charge < -0.3 is 9.47 Å². The molecule has 3 rings (SSSR count). The standard InChI is InChI=1S/C22H22O4/c1-25-20-13-7-5-11-17(20)15-18(16-9-3-2-4-10-16)22(24)26-21-14-8-6-12-19(21)23/h2-5,7,9-11,13,15,21H,6,8,12,14H2,1H3/b18-15-/t21-/m0/s1. The van der Waals surface area contributed by atoms with E-state index in [0.717, 1.165) is 24.0 Å². The summed E-state index contributed by atoms with van der Waals surface area (Å²) >= 11 is 0. The van der Waals surface area contributed by atoms with Gasteiger partial charge in [0.15, 0.2) is 11.9 Å². The third kappa shape index (κ3) is 4.20. The van der Waals surface area contributed by atoms with E-state index in [0.29, 0.717) is 24.2 Å². The summed E-state index contributed by atoms with van der Waals surface area (Å²) in [6.07, 6.45) is 3.97. The molecule has 0 aromatic heterocycles. The average Bonchev–Trinajstić information content (AvgIpc) is 2.68. The van der Waals surface area contributed by atoms with Gasteiger partial charge in [0.25, 0.3) is 0 Å². The summed E-state index contributed by atoms with van der Waals surface area (Å²) in [4.78, 5) is 24.9. The normalized spacial score (nSPS) is 17.7. The van der Waals surface area contributed by atoms with E-state index in [1.54, 1.807) is 13.2 Å². The third-order valence-electron chi connectivity index (χ3n) is 4.49. The minimum atomic E-state index is -0.638. The molecule has 1 aliphatic carbocycles. The Morgan fingerprint density at radius 1 is 1.04 bits per heavy atom. The lowest BCUT2D eigenvalue weighted by atomic mass is 9.96. The quantitative estimate of drug-likeness (QED) is 0.458. The number of carbonyl (C=O) groups excluding carboxylic acids is 2. The minimum absolute atomic E-state index is 0.00861. The topological polar surface area (TPSA) is 52.6 Å². The van der Waals surface area contributed by atoms with Gasteiger partial charge in [-0.15, -0.1) is 0 Å². The molecule has 2 aromatic carbocycles. The SMILES string of the molecule is COc1ccccc1/C=C(\C(=O)O[C@H]1CCCCC1=O)c1ccccc1. The van der Waals surface area contributed by atoms with Gasteiger partial charge in [-0.05, 0) is 37.0 Å². The van der Waals surface area contributed by atoms with E-state index in [9.17, 15) is 9.59 Å². The van der Waals surface area contributed by atoms with Crippen LogP contribution in [0.15, 0.2) is 54.6 Å². The van der Waals surface area contributed by atoms with Crippen LogP contribution >= 0.6 is 0 Å². The molecule has 26 heavy (non-hydrogen) atoms. The highest BCUT2D eigenvalue weighted by Crippen LogP contribution is 2.27. The van der Waals surface area contributed by atoms with Crippen LogP contribution in [0.4, 0.5) is 0 Å². The molecule has 4 nitrogen and oxygen atoms in total. The molecule has 2 aromatic rings. The van der Waals surface area contributed by atoms with Crippen molar-refractivity contribution in [3.05, 3.63) is 65.7 Å². The number of methoxy groups -OCH3 is 1. The summed E-state index contributed by atoms with van der Waals surface area (Å²) in [6, 6.07) is 16.8. The Kier molecular flexibility index (Phi) is 5.84. The molecule has 0 radical (unpaired) electrons. The van der Waals surface area contributed by atoms with Crippen LogP contribution in [-0.2, 0) is 14.3 Å². The Morgan fingerprint density at radius 3 is 2.50 bits per heavy atom. The molecule has 0 unspecified atom stereocenters. The molecular formula is C22H22O4. The molecule has 134 valence electrons. The van der Waals surface area contributed by atoms with Gasteiger partial charge in [-0.25, -0.2) is 4.79 Å². The van der Waals surface area contributed by atoms with E-state index in [-0.39, 0.29) is 5.78 Å². The molecule has 0 spiro atoms. The van der Waals surface area contributed by atoms with Crippen LogP contribution in [0.3, 0.4) is 0 Å². The number of ketones is 1. The van der Waals surface area contributed by atoms with E-state index >= 15 is 0 Å². The van der Waals surface area contributed by atoms with E-state index in [4.69, 9.17) is 9.47 Å². The monoisotopic (exact) mass is 350 g/mol. The number of Topliss-reactive ketones (excluding diaryl/α,β-unsaturated/α-hetero) is 1. The maximum absolute atomic E-state index is 12.9. The van der Waals surface area contributed by atoms with E-state index in [1.807, 2.05) is 54.6 Å². The molecule has 0 saturated heterocycles. The van der Waals surface area contributed by atoms with Crippen molar-refractivity contribution >= 4 is 23.4 Å². The Balaban J connectivity index is 1.94. The lowest BCUT2D eigenvalue weighted by Gasteiger charge is -2.21. The van der Waals surface area contributed by atoms with E-state index in [1.165, 1.54) is 0 Å². The first-order chi connectivity index (χ1) is 12.7. The zero-order valence-corrected chi connectivity index (χ0v) is 14.8. The number of benzene rings is 2. The van der Waals surface area contributed by atoms with Crippen LogP contribution in [0.1, 0.15) is 36.8 Å². The second-order valence-electron chi connectivity index (χ2n) is 6.27. The van der Waals surface area contributed by atoms with Gasteiger partial charge in [0, 0.05) is 12.0 Å². The highest BCUT2D eigenvalue weighted by atomic mass is 16.5. The van der Waals surface area contributed by atoms with Crippen LogP contribution < -0.4 is 4.74 Å². The van der Waals surface area contributed by atoms with Crippen molar-refractivity contribution in [2.24, 2.45) is 0 Å². The maximum atomic E-state index is 12.9. The summed E-state index contributed by atoms with van der Waals surface area (Å²) in [5.74, 6) is 0.194. The summed E-state index contributed by atoms with van der Waals surface area (Å²) in [7, 11) is 1.59. The van der Waals surface area contributed by atoms with Crippen molar-refractivity contribution in [3.8, 4) is 5.75 Å². The van der Waals surface area contributed by atoms with Crippen molar-refractivity contribution in [1.82, 2.24) is 0 Å². The molecule has 1 atom stereocenters. The van der Waals surface area contributed by atoms with Gasteiger partial charge in [0.05, 0.1) is 12.7 Å². The van der Waals surface area contributed by atoms with Crippen LogP contribution in [0.25, 0.3) is 11.6 Å². The third-order valence-corrected chi connectivity index (χ3v) is 4.49. The predicted octanol–water partition coefficient (Wildman–Crippen LogP) is 4.29. The zero-order chi connectivity index (χ0) is 18.4. The Bertz CT molecular complexity index is 808. The Labute approximate surface area is 153 Å². The van der Waals surface area contributed by atoms with Crippen LogP contribution in [0.5, 0.6) is 5.75 Å². The largest absolute Gasteiger partial charge is 0.496 e. The van der Waals surface area contributed by atoms with Crippen molar-refractivity contribution in [2.45, 2.75) is 31.8 Å². The number of hydrogen-bond donors (Lipinski definition) is 0.